The van der Waals surface area contributed by atoms with E-state index >= 15 is 0 Å². The molecule has 2 atom stereocenters. The van der Waals surface area contributed by atoms with Crippen LogP contribution >= 0.6 is 0 Å². The van der Waals surface area contributed by atoms with Gasteiger partial charge in [-0.3, -0.25) is 0 Å². The first-order valence-electron chi connectivity index (χ1n) is 6.37. The van der Waals surface area contributed by atoms with E-state index in [1.54, 1.807) is 0 Å². The zero-order valence-corrected chi connectivity index (χ0v) is 10.9. The van der Waals surface area contributed by atoms with Crippen molar-refractivity contribution < 1.29 is 26.3 Å². The number of alkyl halides is 6. The number of benzene rings is 1. The summed E-state index contributed by atoms with van der Waals surface area (Å²) in [4.78, 5) is 0. The molecule has 2 rings (SSSR count). The summed E-state index contributed by atoms with van der Waals surface area (Å²) in [5, 5.41) is 2.98. The molecule has 1 aliphatic rings. The van der Waals surface area contributed by atoms with Gasteiger partial charge in [0.1, 0.15) is 0 Å². The molecule has 0 saturated carbocycles. The van der Waals surface area contributed by atoms with Gasteiger partial charge in [0, 0.05) is 12.1 Å². The Hall–Kier alpha value is -1.28. The van der Waals surface area contributed by atoms with Crippen molar-refractivity contribution in [3.63, 3.8) is 0 Å². The normalized spacial score (nSPS) is 21.6. The first-order valence-corrected chi connectivity index (χ1v) is 6.37. The first kappa shape index (κ1) is 16.1. The second kappa shape index (κ2) is 5.49. The fraction of sp³-hybridized carbons (Fsp3) is 0.538. The molecule has 21 heavy (non-hydrogen) atoms. The van der Waals surface area contributed by atoms with Crippen LogP contribution in [0.25, 0.3) is 0 Å². The Morgan fingerprint density at radius 1 is 1.00 bits per heavy atom. The molecule has 1 aromatic rings. The fourth-order valence-electron chi connectivity index (χ4n) is 2.42. The van der Waals surface area contributed by atoms with Gasteiger partial charge < -0.3 is 11.1 Å². The molecule has 8 heteroatoms. The largest absolute Gasteiger partial charge is 0.416 e. The lowest BCUT2D eigenvalue weighted by Gasteiger charge is -2.22. The van der Waals surface area contributed by atoms with Gasteiger partial charge in [-0.2, -0.15) is 26.3 Å². The van der Waals surface area contributed by atoms with E-state index < -0.39 is 29.5 Å². The van der Waals surface area contributed by atoms with Gasteiger partial charge >= 0.3 is 12.4 Å². The van der Waals surface area contributed by atoms with E-state index in [0.29, 0.717) is 25.1 Å². The maximum absolute atomic E-state index is 12.8. The van der Waals surface area contributed by atoms with Gasteiger partial charge in [0.05, 0.1) is 11.1 Å². The van der Waals surface area contributed by atoms with Gasteiger partial charge in [0.25, 0.3) is 0 Å². The SMILES string of the molecule is NC(c1cc(C(F)(F)F)cc(C(F)(F)F)c1)C1CCCN1. The third-order valence-corrected chi connectivity index (χ3v) is 3.53. The van der Waals surface area contributed by atoms with E-state index in [1.165, 1.54) is 0 Å². The Labute approximate surface area is 117 Å². The smallest absolute Gasteiger partial charge is 0.323 e. The van der Waals surface area contributed by atoms with Crippen LogP contribution in [0.3, 0.4) is 0 Å². The molecule has 0 aromatic heterocycles. The van der Waals surface area contributed by atoms with Gasteiger partial charge in [-0.15, -0.1) is 0 Å². The lowest BCUT2D eigenvalue weighted by atomic mass is 9.95. The van der Waals surface area contributed by atoms with Crippen LogP contribution in [0.2, 0.25) is 0 Å². The van der Waals surface area contributed by atoms with Crippen LogP contribution in [-0.2, 0) is 12.4 Å². The first-order chi connectivity index (χ1) is 9.59. The van der Waals surface area contributed by atoms with Crippen molar-refractivity contribution in [2.75, 3.05) is 6.54 Å². The predicted octanol–water partition coefficient (Wildman–Crippen LogP) is 3.48. The molecule has 0 amide bonds. The van der Waals surface area contributed by atoms with Gasteiger partial charge in [0.15, 0.2) is 0 Å². The van der Waals surface area contributed by atoms with E-state index in [4.69, 9.17) is 5.73 Å². The predicted molar refractivity (Wildman–Crippen MR) is 64.4 cm³/mol. The molecule has 1 saturated heterocycles. The van der Waals surface area contributed by atoms with Crippen LogP contribution in [0.1, 0.15) is 35.6 Å². The summed E-state index contributed by atoms with van der Waals surface area (Å²) < 4.78 is 76.5. The summed E-state index contributed by atoms with van der Waals surface area (Å²) in [5.74, 6) is 0. The average Bonchev–Trinajstić information content (AvgIpc) is 2.89. The molecule has 0 bridgehead atoms. The van der Waals surface area contributed by atoms with Crippen molar-refractivity contribution in [3.05, 3.63) is 34.9 Å². The highest BCUT2D eigenvalue weighted by Gasteiger charge is 2.38. The van der Waals surface area contributed by atoms with Crippen molar-refractivity contribution in [1.82, 2.24) is 5.32 Å². The maximum atomic E-state index is 12.8. The van der Waals surface area contributed by atoms with Gasteiger partial charge in [-0.1, -0.05) is 0 Å². The zero-order chi connectivity index (χ0) is 15.8. The Balaban J connectivity index is 2.44. The number of nitrogens with one attached hydrogen (secondary N) is 1. The van der Waals surface area contributed by atoms with Crippen LogP contribution in [0.15, 0.2) is 18.2 Å². The number of rotatable bonds is 2. The second-order valence-corrected chi connectivity index (χ2v) is 5.07. The van der Waals surface area contributed by atoms with Crippen molar-refractivity contribution in [3.8, 4) is 0 Å². The van der Waals surface area contributed by atoms with Crippen molar-refractivity contribution in [1.29, 1.82) is 0 Å². The third kappa shape index (κ3) is 3.68. The minimum absolute atomic E-state index is 0.109. The number of hydrogen-bond donors (Lipinski definition) is 2. The van der Waals surface area contributed by atoms with E-state index in [0.717, 1.165) is 6.42 Å². The van der Waals surface area contributed by atoms with Crippen molar-refractivity contribution >= 4 is 0 Å². The summed E-state index contributed by atoms with van der Waals surface area (Å²) in [6.45, 7) is 0.656. The number of hydrogen-bond acceptors (Lipinski definition) is 2. The van der Waals surface area contributed by atoms with Crippen LogP contribution in [0, 0.1) is 0 Å². The molecular weight excluding hydrogens is 298 g/mol. The topological polar surface area (TPSA) is 38.0 Å². The molecule has 0 spiro atoms. The summed E-state index contributed by atoms with van der Waals surface area (Å²) in [6, 6.07) is 0.281. The van der Waals surface area contributed by atoms with Crippen LogP contribution < -0.4 is 11.1 Å². The molecule has 0 aliphatic carbocycles. The second-order valence-electron chi connectivity index (χ2n) is 5.07. The zero-order valence-electron chi connectivity index (χ0n) is 10.9. The van der Waals surface area contributed by atoms with Gasteiger partial charge in [-0.05, 0) is 43.1 Å². The molecule has 1 fully saturated rings. The maximum Gasteiger partial charge on any atom is 0.416 e. The van der Waals surface area contributed by atoms with Crippen molar-refractivity contribution in [2.45, 2.75) is 37.3 Å². The highest BCUT2D eigenvalue weighted by Crippen LogP contribution is 2.37. The summed E-state index contributed by atoms with van der Waals surface area (Å²) in [7, 11) is 0. The van der Waals surface area contributed by atoms with E-state index in [-0.39, 0.29) is 17.7 Å². The third-order valence-electron chi connectivity index (χ3n) is 3.53. The Bertz CT molecular complexity index is 470. The molecule has 3 N–H and O–H groups in total. The molecule has 2 unspecified atom stereocenters. The van der Waals surface area contributed by atoms with E-state index in [1.807, 2.05) is 0 Å². The van der Waals surface area contributed by atoms with Crippen LogP contribution in [0.5, 0.6) is 0 Å². The van der Waals surface area contributed by atoms with Gasteiger partial charge in [0.2, 0.25) is 0 Å². The number of halogens is 6. The molecule has 2 nitrogen and oxygen atoms in total. The quantitative estimate of drug-likeness (QED) is 0.821. The Kier molecular flexibility index (Phi) is 4.21. The lowest BCUT2D eigenvalue weighted by Crippen LogP contribution is -2.34. The van der Waals surface area contributed by atoms with E-state index in [2.05, 4.69) is 5.32 Å². The molecular formula is C13H14F6N2. The minimum Gasteiger partial charge on any atom is -0.323 e. The monoisotopic (exact) mass is 312 g/mol. The highest BCUT2D eigenvalue weighted by molar-refractivity contribution is 5.35. The molecule has 0 radical (unpaired) electrons. The molecule has 1 aliphatic heterocycles. The molecule has 1 aromatic carbocycles. The van der Waals surface area contributed by atoms with Crippen LogP contribution in [-0.4, -0.2) is 12.6 Å². The summed E-state index contributed by atoms with van der Waals surface area (Å²) in [5.41, 5.74) is 3.01. The van der Waals surface area contributed by atoms with Crippen LogP contribution in [0.4, 0.5) is 26.3 Å². The van der Waals surface area contributed by atoms with Crippen molar-refractivity contribution in [2.24, 2.45) is 5.73 Å². The Morgan fingerprint density at radius 2 is 1.52 bits per heavy atom. The number of nitrogens with two attached hydrogens (primary N) is 1. The Morgan fingerprint density at radius 3 is 1.90 bits per heavy atom. The average molecular weight is 312 g/mol. The van der Waals surface area contributed by atoms with E-state index in [9.17, 15) is 26.3 Å². The standard InChI is InChI=1S/C13H14F6N2/c14-12(15,16)8-4-7(5-9(6-8)13(17,18)19)11(20)10-2-1-3-21-10/h4-6,10-11,21H,1-3,20H2. The summed E-state index contributed by atoms with van der Waals surface area (Å²) >= 11 is 0. The highest BCUT2D eigenvalue weighted by atomic mass is 19.4. The summed E-state index contributed by atoms with van der Waals surface area (Å²) in [6.07, 6.45) is -8.28. The molecule has 1 heterocycles. The minimum atomic E-state index is -4.85. The lowest BCUT2D eigenvalue weighted by molar-refractivity contribution is -0.143. The molecule has 118 valence electrons. The fourth-order valence-corrected chi connectivity index (χ4v) is 2.42. The van der Waals surface area contributed by atoms with Gasteiger partial charge in [-0.25, -0.2) is 0 Å².